The van der Waals surface area contributed by atoms with Gasteiger partial charge in [0.2, 0.25) is 0 Å². The zero-order chi connectivity index (χ0) is 20.6. The van der Waals surface area contributed by atoms with Gasteiger partial charge in [0.25, 0.3) is 0 Å². The van der Waals surface area contributed by atoms with Crippen LogP contribution in [0, 0.1) is 6.07 Å². The van der Waals surface area contributed by atoms with Crippen LogP contribution < -0.4 is 5.46 Å². The summed E-state index contributed by atoms with van der Waals surface area (Å²) in [5.74, 6) is -0.0162. The zero-order valence-electron chi connectivity index (χ0n) is 17.4. The smallest absolute Gasteiger partial charge is 0.399 e. The molecule has 1 saturated heterocycles. The molecule has 1 fully saturated rings. The van der Waals surface area contributed by atoms with Crippen LogP contribution in [0.2, 0.25) is 0 Å². The number of benzene rings is 2. The van der Waals surface area contributed by atoms with Gasteiger partial charge in [0.1, 0.15) is 0 Å². The van der Waals surface area contributed by atoms with Gasteiger partial charge in [0, 0.05) is 31.9 Å². The van der Waals surface area contributed by atoms with Gasteiger partial charge < -0.3 is 14.3 Å². The third-order valence-corrected chi connectivity index (χ3v) is 5.70. The van der Waals surface area contributed by atoms with E-state index >= 15 is 0 Å². The third-order valence-electron chi connectivity index (χ3n) is 5.70. The largest absolute Gasteiger partial charge is 0.496 e. The number of hydrogen-bond donors (Lipinski definition) is 0. The van der Waals surface area contributed by atoms with E-state index in [1.165, 1.54) is 0 Å². The Morgan fingerprint density at radius 2 is 1.57 bits per heavy atom. The molecule has 0 amide bonds. The first kappa shape index (κ1) is 22.6. The molecule has 1 radical (unpaired) electrons. The molecule has 155 valence electrons. The number of pyridine rings is 1. The Hall–Kier alpha value is -2.11. The van der Waals surface area contributed by atoms with Crippen LogP contribution in [0.1, 0.15) is 43.6 Å². The van der Waals surface area contributed by atoms with Crippen molar-refractivity contribution in [1.29, 1.82) is 0 Å². The van der Waals surface area contributed by atoms with Crippen molar-refractivity contribution in [3.63, 3.8) is 0 Å². The summed E-state index contributed by atoms with van der Waals surface area (Å²) in [5, 5.41) is 0. The summed E-state index contributed by atoms with van der Waals surface area (Å²) < 4.78 is 12.1. The van der Waals surface area contributed by atoms with Crippen molar-refractivity contribution >= 4 is 18.4 Å². The van der Waals surface area contributed by atoms with E-state index in [2.05, 4.69) is 11.1 Å². The molecule has 4 rings (SSSR count). The van der Waals surface area contributed by atoms with Gasteiger partial charge in [-0.25, -0.2) is 0 Å². The Balaban J connectivity index is 0.00000256. The molecule has 6 heteroatoms. The van der Waals surface area contributed by atoms with Gasteiger partial charge in [-0.2, -0.15) is 0 Å². The average Bonchev–Trinajstić information content (AvgIpc) is 2.95. The van der Waals surface area contributed by atoms with Crippen molar-refractivity contribution in [1.82, 2.24) is 4.98 Å². The number of ketones is 1. The molecule has 1 aliphatic heterocycles. The van der Waals surface area contributed by atoms with Crippen LogP contribution in [0.3, 0.4) is 0 Å². The fourth-order valence-corrected chi connectivity index (χ4v) is 3.16. The Labute approximate surface area is 191 Å². The molecule has 0 saturated carbocycles. The van der Waals surface area contributed by atoms with E-state index < -0.39 is 7.12 Å². The number of rotatable bonds is 4. The predicted molar refractivity (Wildman–Crippen MR) is 114 cm³/mol. The van der Waals surface area contributed by atoms with Gasteiger partial charge in [0.05, 0.1) is 11.2 Å². The average molecular weight is 576 g/mol. The molecule has 1 aromatic heterocycles. The van der Waals surface area contributed by atoms with E-state index in [0.29, 0.717) is 11.1 Å². The van der Waals surface area contributed by atoms with Crippen LogP contribution in [0.5, 0.6) is 0 Å². The number of carbonyl (C=O) groups is 1. The molecule has 0 N–H and O–H groups in total. The van der Waals surface area contributed by atoms with Crippen molar-refractivity contribution in [3.05, 3.63) is 84.1 Å². The van der Waals surface area contributed by atoms with E-state index in [0.717, 1.165) is 16.7 Å². The minimum absolute atomic E-state index is 0. The van der Waals surface area contributed by atoms with Crippen molar-refractivity contribution in [2.24, 2.45) is 0 Å². The predicted octanol–water partition coefficient (Wildman–Crippen LogP) is 4.08. The second-order valence-electron chi connectivity index (χ2n) is 8.25. The topological polar surface area (TPSA) is 48.4 Å². The minimum atomic E-state index is -0.434. The molecule has 4 nitrogen and oxygen atoms in total. The number of carbonyl (C=O) groups excluding carboxylic acids is 1. The Bertz CT molecular complexity index is 1000. The normalized spacial score (nSPS) is 16.7. The summed E-state index contributed by atoms with van der Waals surface area (Å²) in [5.41, 5.74) is 2.99. The molecule has 0 bridgehead atoms. The fourth-order valence-electron chi connectivity index (χ4n) is 3.16. The molecule has 2 aromatic carbocycles. The van der Waals surface area contributed by atoms with Gasteiger partial charge >= 0.3 is 7.12 Å². The maximum atomic E-state index is 12.5. The summed E-state index contributed by atoms with van der Waals surface area (Å²) in [6.45, 7) is 8.12. The number of hydrogen-bond acceptors (Lipinski definition) is 4. The molecular formula is C24H23BIrNO3-. The van der Waals surface area contributed by atoms with Crippen molar-refractivity contribution in [2.45, 2.75) is 38.9 Å². The summed E-state index contributed by atoms with van der Waals surface area (Å²) in [7, 11) is -0.434. The van der Waals surface area contributed by atoms with Crippen LogP contribution in [0.15, 0.2) is 66.9 Å². The first-order valence-corrected chi connectivity index (χ1v) is 9.70. The number of nitrogens with zero attached hydrogens (tertiary/aromatic N) is 1. The maximum absolute atomic E-state index is 12.5. The van der Waals surface area contributed by atoms with Crippen molar-refractivity contribution in [2.75, 3.05) is 0 Å². The van der Waals surface area contributed by atoms with Crippen LogP contribution in [-0.4, -0.2) is 29.1 Å². The van der Waals surface area contributed by atoms with E-state index in [9.17, 15) is 4.79 Å². The maximum Gasteiger partial charge on any atom is 0.496 e. The third kappa shape index (κ3) is 4.33. The SMILES string of the molecule is CC1(C)OB(c2ccc(-c3[c-]cc(C(=O)c4ccccc4)cc3)nc2)OC1(C)C.[Ir]. The van der Waals surface area contributed by atoms with Crippen LogP contribution >= 0.6 is 0 Å². The molecule has 30 heavy (non-hydrogen) atoms. The quantitative estimate of drug-likeness (QED) is 0.267. The Kier molecular flexibility index (Phi) is 6.44. The molecule has 3 aromatic rings. The minimum Gasteiger partial charge on any atom is -0.399 e. The molecule has 2 heterocycles. The van der Waals surface area contributed by atoms with E-state index in [-0.39, 0.29) is 37.1 Å². The second-order valence-corrected chi connectivity index (χ2v) is 8.25. The Morgan fingerprint density at radius 3 is 2.10 bits per heavy atom. The molecule has 0 aliphatic carbocycles. The molecular weight excluding hydrogens is 553 g/mol. The summed E-state index contributed by atoms with van der Waals surface area (Å²) in [4.78, 5) is 17.1. The first-order valence-electron chi connectivity index (χ1n) is 9.70. The van der Waals surface area contributed by atoms with Gasteiger partial charge in [-0.15, -0.1) is 29.8 Å². The standard InChI is InChI=1S/C24H23BNO3.Ir/c1-23(2)24(3,4)29-25(28-23)20-14-15-21(26-16-20)17-10-12-19(13-11-17)22(27)18-8-6-5-7-9-18;/h5-10,12-16H,1-4H3;/q-1;. The van der Waals surface area contributed by atoms with E-state index in [1.54, 1.807) is 12.3 Å². The second kappa shape index (κ2) is 8.56. The summed E-state index contributed by atoms with van der Waals surface area (Å²) in [6, 6.07) is 21.7. The summed E-state index contributed by atoms with van der Waals surface area (Å²) >= 11 is 0. The van der Waals surface area contributed by atoms with E-state index in [4.69, 9.17) is 9.31 Å². The monoisotopic (exact) mass is 577 g/mol. The van der Waals surface area contributed by atoms with Gasteiger partial charge in [-0.1, -0.05) is 48.0 Å². The van der Waals surface area contributed by atoms with E-state index in [1.807, 2.05) is 82.3 Å². The van der Waals surface area contributed by atoms with Crippen molar-refractivity contribution in [3.8, 4) is 11.3 Å². The van der Waals surface area contributed by atoms with Gasteiger partial charge in [-0.05, 0) is 38.9 Å². The zero-order valence-corrected chi connectivity index (χ0v) is 19.8. The first-order chi connectivity index (χ1) is 13.8. The number of aromatic nitrogens is 1. The van der Waals surface area contributed by atoms with Crippen LogP contribution in [0.4, 0.5) is 0 Å². The Morgan fingerprint density at radius 1 is 0.900 bits per heavy atom. The van der Waals surface area contributed by atoms with Crippen LogP contribution in [0.25, 0.3) is 11.3 Å². The fraction of sp³-hybridized carbons (Fsp3) is 0.250. The molecule has 0 atom stereocenters. The van der Waals surface area contributed by atoms with Gasteiger partial charge in [-0.3, -0.25) is 4.79 Å². The summed E-state index contributed by atoms with van der Waals surface area (Å²) in [6.07, 6.45) is 1.77. The molecule has 0 spiro atoms. The molecule has 0 unspecified atom stereocenters. The van der Waals surface area contributed by atoms with Crippen molar-refractivity contribution < 1.29 is 34.2 Å². The molecule has 1 aliphatic rings. The van der Waals surface area contributed by atoms with Gasteiger partial charge in [0.15, 0.2) is 5.78 Å². The van der Waals surface area contributed by atoms with Crippen LogP contribution in [-0.2, 0) is 29.4 Å².